The topological polar surface area (TPSA) is 170 Å². The van der Waals surface area contributed by atoms with Gasteiger partial charge in [0.2, 0.25) is 0 Å². The molecule has 1 aliphatic carbocycles. The molecule has 0 saturated carbocycles. The number of anilines is 1. The molecule has 0 bridgehead atoms. The van der Waals surface area contributed by atoms with Gasteiger partial charge in [-0.3, -0.25) is 14.1 Å². The molecule has 0 fully saturated rings. The van der Waals surface area contributed by atoms with Crippen LogP contribution in [0.15, 0.2) is 55.1 Å². The number of aromatic nitrogens is 4. The van der Waals surface area contributed by atoms with Gasteiger partial charge in [-0.05, 0) is 18.6 Å². The third-order valence-corrected chi connectivity index (χ3v) is 7.29. The SMILES string of the molecule is COC(=O)C[C@@H](NP(=O)(OC[C@H]1C=C[C@@H](n2cnc3c(N)ncnc32)C1)Oc1ccccc1)C(=O)OC. The van der Waals surface area contributed by atoms with E-state index in [4.69, 9.17) is 19.5 Å². The largest absolute Gasteiger partial charge is 0.469 e. The smallest absolute Gasteiger partial charge is 0.459 e. The summed E-state index contributed by atoms with van der Waals surface area (Å²) < 4.78 is 36.5. The summed E-state index contributed by atoms with van der Waals surface area (Å²) in [5.41, 5.74) is 7.00. The van der Waals surface area contributed by atoms with Crippen molar-refractivity contribution in [1.29, 1.82) is 0 Å². The maximum absolute atomic E-state index is 13.8. The minimum Gasteiger partial charge on any atom is -0.469 e. The number of carbonyl (C=O) groups is 2. The lowest BCUT2D eigenvalue weighted by molar-refractivity contribution is -0.149. The average Bonchev–Trinajstić information content (AvgIpc) is 3.55. The van der Waals surface area contributed by atoms with Gasteiger partial charge in [-0.1, -0.05) is 30.4 Å². The Morgan fingerprint density at radius 3 is 2.68 bits per heavy atom. The first-order chi connectivity index (χ1) is 17.8. The van der Waals surface area contributed by atoms with Crippen LogP contribution in [0.5, 0.6) is 5.75 Å². The van der Waals surface area contributed by atoms with E-state index >= 15 is 0 Å². The summed E-state index contributed by atoms with van der Waals surface area (Å²) >= 11 is 0. The van der Waals surface area contributed by atoms with Crippen LogP contribution < -0.4 is 15.3 Å². The number of para-hydroxylation sites is 1. The standard InChI is InChI=1S/C23H27N6O7P/c1-33-19(30)11-18(23(31)34-2)28-37(32,36-17-6-4-3-5-7-17)35-12-15-8-9-16(10-15)29-14-27-20-21(24)25-13-26-22(20)29/h3-9,13-16,18H,10-12H2,1-2H3,(H,28,32)(H2,24,25,26)/t15-,16+,18+,37?/m0/s1. The number of nitrogens with one attached hydrogen (secondary N) is 1. The van der Waals surface area contributed by atoms with Crippen LogP contribution in [0.2, 0.25) is 0 Å². The molecule has 2 aromatic heterocycles. The second-order valence-corrected chi connectivity index (χ2v) is 9.91. The van der Waals surface area contributed by atoms with Gasteiger partial charge < -0.3 is 24.3 Å². The molecule has 1 aliphatic rings. The summed E-state index contributed by atoms with van der Waals surface area (Å²) in [6.45, 7) is -0.0000190. The molecule has 2 heterocycles. The number of fused-ring (bicyclic) bond motifs is 1. The van der Waals surface area contributed by atoms with Gasteiger partial charge in [-0.15, -0.1) is 0 Å². The number of carbonyl (C=O) groups excluding carboxylic acids is 2. The number of hydrogen-bond donors (Lipinski definition) is 2. The van der Waals surface area contributed by atoms with Crippen LogP contribution in [0.4, 0.5) is 5.82 Å². The van der Waals surface area contributed by atoms with E-state index in [9.17, 15) is 14.2 Å². The van der Waals surface area contributed by atoms with Crippen molar-refractivity contribution in [3.05, 3.63) is 55.1 Å². The molecule has 196 valence electrons. The molecule has 3 N–H and O–H groups in total. The summed E-state index contributed by atoms with van der Waals surface area (Å²) in [6.07, 6.45) is 7.09. The molecule has 4 atom stereocenters. The van der Waals surface area contributed by atoms with Gasteiger partial charge in [-0.2, -0.15) is 5.09 Å². The molecule has 13 nitrogen and oxygen atoms in total. The van der Waals surface area contributed by atoms with E-state index in [0.29, 0.717) is 23.4 Å². The van der Waals surface area contributed by atoms with Crippen LogP contribution in [0.1, 0.15) is 18.9 Å². The first kappa shape index (κ1) is 26.3. The number of esters is 2. The molecule has 0 amide bonds. The monoisotopic (exact) mass is 530 g/mol. The van der Waals surface area contributed by atoms with Crippen LogP contribution in [-0.2, 0) is 28.2 Å². The van der Waals surface area contributed by atoms with Crippen LogP contribution >= 0.6 is 7.75 Å². The molecule has 3 aromatic rings. The van der Waals surface area contributed by atoms with Gasteiger partial charge in [0.15, 0.2) is 11.5 Å². The van der Waals surface area contributed by atoms with Crippen molar-refractivity contribution in [2.24, 2.45) is 5.92 Å². The number of ether oxygens (including phenoxy) is 2. The molecule has 0 radical (unpaired) electrons. The minimum atomic E-state index is -4.16. The lowest BCUT2D eigenvalue weighted by Gasteiger charge is -2.25. The second-order valence-electron chi connectivity index (χ2n) is 8.21. The van der Waals surface area contributed by atoms with Gasteiger partial charge in [-0.25, -0.2) is 19.5 Å². The van der Waals surface area contributed by atoms with Crippen molar-refractivity contribution in [2.75, 3.05) is 26.6 Å². The number of nitrogen functional groups attached to an aromatic ring is 1. The molecule has 37 heavy (non-hydrogen) atoms. The zero-order valence-electron chi connectivity index (χ0n) is 20.2. The van der Waals surface area contributed by atoms with E-state index < -0.39 is 32.1 Å². The maximum Gasteiger partial charge on any atom is 0.459 e. The zero-order chi connectivity index (χ0) is 26.4. The van der Waals surface area contributed by atoms with Gasteiger partial charge in [0.25, 0.3) is 0 Å². The van der Waals surface area contributed by atoms with Crippen molar-refractivity contribution in [1.82, 2.24) is 24.6 Å². The number of benzene rings is 1. The predicted molar refractivity (Wildman–Crippen MR) is 132 cm³/mol. The van der Waals surface area contributed by atoms with Crippen molar-refractivity contribution < 1.29 is 32.7 Å². The van der Waals surface area contributed by atoms with E-state index in [1.54, 1.807) is 36.7 Å². The Morgan fingerprint density at radius 1 is 1.16 bits per heavy atom. The fourth-order valence-corrected chi connectivity index (χ4v) is 5.41. The quantitative estimate of drug-likeness (QED) is 0.211. The van der Waals surface area contributed by atoms with Gasteiger partial charge in [0.05, 0.1) is 39.6 Å². The number of nitrogens with zero attached hydrogens (tertiary/aromatic N) is 4. The Labute approximate surface area is 212 Å². The van der Waals surface area contributed by atoms with Crippen LogP contribution in [0.25, 0.3) is 11.2 Å². The highest BCUT2D eigenvalue weighted by molar-refractivity contribution is 7.52. The highest BCUT2D eigenvalue weighted by atomic mass is 31.2. The Balaban J connectivity index is 1.48. The summed E-state index contributed by atoms with van der Waals surface area (Å²) in [5.74, 6) is -1.12. The van der Waals surface area contributed by atoms with E-state index in [1.807, 2.05) is 16.7 Å². The number of allylic oxidation sites excluding steroid dienone is 1. The van der Waals surface area contributed by atoms with Crippen molar-refractivity contribution in [2.45, 2.75) is 24.9 Å². The Bertz CT molecular complexity index is 1330. The first-order valence-electron chi connectivity index (χ1n) is 11.3. The highest BCUT2D eigenvalue weighted by Crippen LogP contribution is 2.46. The molecular weight excluding hydrogens is 503 g/mol. The maximum atomic E-state index is 13.8. The predicted octanol–water partition coefficient (Wildman–Crippen LogP) is 2.42. The van der Waals surface area contributed by atoms with E-state index in [0.717, 1.165) is 7.11 Å². The molecular formula is C23H27N6O7P. The number of imidazole rings is 1. The van der Waals surface area contributed by atoms with E-state index in [2.05, 4.69) is 24.8 Å². The Morgan fingerprint density at radius 2 is 1.95 bits per heavy atom. The molecule has 0 saturated heterocycles. The van der Waals surface area contributed by atoms with Crippen molar-refractivity contribution >= 4 is 36.7 Å². The number of methoxy groups -OCH3 is 2. The molecule has 4 rings (SSSR count). The van der Waals surface area contributed by atoms with Crippen molar-refractivity contribution in [3.63, 3.8) is 0 Å². The summed E-state index contributed by atoms with van der Waals surface area (Å²) in [7, 11) is -1.82. The average molecular weight is 530 g/mol. The minimum absolute atomic E-state index is 0.0000190. The van der Waals surface area contributed by atoms with Gasteiger partial charge in [0.1, 0.15) is 23.6 Å². The molecule has 0 spiro atoms. The highest BCUT2D eigenvalue weighted by Gasteiger charge is 2.37. The second kappa shape index (κ2) is 11.5. The lowest BCUT2D eigenvalue weighted by Crippen LogP contribution is -2.39. The summed E-state index contributed by atoms with van der Waals surface area (Å²) in [6, 6.07) is 6.94. The number of rotatable bonds is 11. The molecule has 1 aromatic carbocycles. The fourth-order valence-electron chi connectivity index (χ4n) is 3.86. The van der Waals surface area contributed by atoms with E-state index in [-0.39, 0.29) is 24.3 Å². The van der Waals surface area contributed by atoms with Crippen LogP contribution in [-0.4, -0.2) is 58.3 Å². The summed E-state index contributed by atoms with van der Waals surface area (Å²) in [4.78, 5) is 36.7. The van der Waals surface area contributed by atoms with E-state index in [1.165, 1.54) is 13.4 Å². The zero-order valence-corrected chi connectivity index (χ0v) is 21.1. The van der Waals surface area contributed by atoms with Gasteiger partial charge >= 0.3 is 19.7 Å². The Kier molecular flexibility index (Phi) is 8.17. The normalized spacial score (nSPS) is 19.3. The third-order valence-electron chi connectivity index (χ3n) is 5.72. The van der Waals surface area contributed by atoms with Crippen LogP contribution in [0, 0.1) is 5.92 Å². The van der Waals surface area contributed by atoms with Crippen LogP contribution in [0.3, 0.4) is 0 Å². The van der Waals surface area contributed by atoms with Crippen molar-refractivity contribution in [3.8, 4) is 5.75 Å². The third kappa shape index (κ3) is 6.31. The number of hydrogen-bond acceptors (Lipinski definition) is 11. The molecule has 1 unspecified atom stereocenters. The Hall–Kier alpha value is -3.80. The molecule has 0 aliphatic heterocycles. The summed E-state index contributed by atoms with van der Waals surface area (Å²) in [5, 5.41) is 2.55. The fraction of sp³-hybridized carbons (Fsp3) is 0.348. The van der Waals surface area contributed by atoms with Gasteiger partial charge in [0, 0.05) is 5.92 Å². The molecule has 14 heteroatoms. The first-order valence-corrected chi connectivity index (χ1v) is 12.9. The lowest BCUT2D eigenvalue weighted by atomic mass is 10.1. The number of nitrogens with two attached hydrogens (primary N) is 1.